The molecule has 100 valence electrons. The van der Waals surface area contributed by atoms with E-state index in [1.807, 2.05) is 7.05 Å². The predicted octanol–water partition coefficient (Wildman–Crippen LogP) is 4.87. The molecule has 0 bridgehead atoms. The first-order chi connectivity index (χ1) is 9.11. The highest BCUT2D eigenvalue weighted by Crippen LogP contribution is 2.26. The van der Waals surface area contributed by atoms with E-state index in [4.69, 9.17) is 0 Å². The van der Waals surface area contributed by atoms with Crippen LogP contribution in [0.4, 0.5) is 0 Å². The average molecular weight is 430 g/mol. The fraction of sp³-hybridized carbons (Fsp3) is 0.250. The first kappa shape index (κ1) is 15.0. The number of halogens is 2. The smallest absolute Gasteiger partial charge is 0.0361 e. The Morgan fingerprint density at radius 2 is 1.84 bits per heavy atom. The molecule has 3 heteroatoms. The minimum atomic E-state index is 0.345. The zero-order valence-electron chi connectivity index (χ0n) is 11.1. The van der Waals surface area contributed by atoms with E-state index in [1.165, 1.54) is 24.7 Å². The number of nitrogens with one attached hydrogen (secondary N) is 1. The van der Waals surface area contributed by atoms with Crippen LogP contribution in [0.3, 0.4) is 0 Å². The molecule has 0 aliphatic heterocycles. The Morgan fingerprint density at radius 3 is 2.47 bits per heavy atom. The molecule has 1 nitrogen and oxygen atoms in total. The summed E-state index contributed by atoms with van der Waals surface area (Å²) in [4.78, 5) is 0. The van der Waals surface area contributed by atoms with Crippen molar-refractivity contribution in [2.75, 3.05) is 7.05 Å². The topological polar surface area (TPSA) is 12.0 Å². The molecule has 0 aliphatic carbocycles. The lowest BCUT2D eigenvalue weighted by Gasteiger charge is -2.20. The van der Waals surface area contributed by atoms with Crippen molar-refractivity contribution in [2.24, 2.45) is 0 Å². The van der Waals surface area contributed by atoms with Crippen molar-refractivity contribution in [3.63, 3.8) is 0 Å². The highest BCUT2D eigenvalue weighted by Gasteiger charge is 2.13. The second-order valence-corrected chi connectivity index (χ2v) is 6.73. The van der Waals surface area contributed by atoms with Crippen LogP contribution in [0, 0.1) is 10.5 Å². The van der Waals surface area contributed by atoms with Crippen molar-refractivity contribution < 1.29 is 0 Å². The third-order valence-corrected chi connectivity index (χ3v) is 4.96. The summed E-state index contributed by atoms with van der Waals surface area (Å²) in [5, 5.41) is 3.43. The molecule has 0 fully saturated rings. The molecule has 0 aliphatic rings. The van der Waals surface area contributed by atoms with Gasteiger partial charge in [0.25, 0.3) is 0 Å². The number of hydrogen-bond acceptors (Lipinski definition) is 1. The lowest BCUT2D eigenvalue weighted by molar-refractivity contribution is 0.588. The Balaban J connectivity index is 2.25. The van der Waals surface area contributed by atoms with Crippen LogP contribution >= 0.6 is 38.5 Å². The van der Waals surface area contributed by atoms with Crippen molar-refractivity contribution >= 4 is 38.5 Å². The first-order valence-electron chi connectivity index (χ1n) is 6.28. The van der Waals surface area contributed by atoms with Crippen molar-refractivity contribution in [1.82, 2.24) is 5.32 Å². The van der Waals surface area contributed by atoms with E-state index < -0.39 is 0 Å². The van der Waals surface area contributed by atoms with Gasteiger partial charge in [-0.3, -0.25) is 0 Å². The molecular weight excluding hydrogens is 413 g/mol. The van der Waals surface area contributed by atoms with Gasteiger partial charge in [-0.25, -0.2) is 0 Å². The van der Waals surface area contributed by atoms with Crippen molar-refractivity contribution in [3.05, 3.63) is 67.2 Å². The van der Waals surface area contributed by atoms with Gasteiger partial charge in [-0.05, 0) is 77.9 Å². The van der Waals surface area contributed by atoms with Crippen LogP contribution in [0.15, 0.2) is 46.9 Å². The molecule has 0 saturated carbocycles. The van der Waals surface area contributed by atoms with Gasteiger partial charge in [0.05, 0.1) is 0 Å². The SMILES string of the molecule is CNC(Cc1ccc(I)cc1)c1cccc(Br)c1C. The molecule has 2 rings (SSSR count). The lowest BCUT2D eigenvalue weighted by Crippen LogP contribution is -2.20. The highest BCUT2D eigenvalue weighted by molar-refractivity contribution is 14.1. The molecule has 0 heterocycles. The van der Waals surface area contributed by atoms with E-state index in [2.05, 4.69) is 93.2 Å². The molecule has 0 amide bonds. The Hall–Kier alpha value is -0.390. The lowest BCUT2D eigenvalue weighted by atomic mass is 9.95. The normalized spacial score (nSPS) is 12.4. The standard InChI is InChI=1S/C16H17BrIN/c1-11-14(4-3-5-15(11)17)16(19-2)10-12-6-8-13(18)9-7-12/h3-9,16,19H,10H2,1-2H3. The van der Waals surface area contributed by atoms with Crippen LogP contribution in [0.1, 0.15) is 22.7 Å². The van der Waals surface area contributed by atoms with Gasteiger partial charge in [0.1, 0.15) is 0 Å². The summed E-state index contributed by atoms with van der Waals surface area (Å²) in [6.45, 7) is 2.16. The zero-order chi connectivity index (χ0) is 13.8. The van der Waals surface area contributed by atoms with Gasteiger partial charge in [-0.1, -0.05) is 40.2 Å². The van der Waals surface area contributed by atoms with Crippen LogP contribution in [0.5, 0.6) is 0 Å². The van der Waals surface area contributed by atoms with Gasteiger partial charge >= 0.3 is 0 Å². The van der Waals surface area contributed by atoms with Crippen LogP contribution in [0.25, 0.3) is 0 Å². The molecule has 1 unspecified atom stereocenters. The molecule has 0 spiro atoms. The summed E-state index contributed by atoms with van der Waals surface area (Å²) in [5.74, 6) is 0. The number of benzene rings is 2. The van der Waals surface area contributed by atoms with Crippen molar-refractivity contribution in [1.29, 1.82) is 0 Å². The molecule has 1 atom stereocenters. The van der Waals surface area contributed by atoms with Crippen LogP contribution in [0.2, 0.25) is 0 Å². The third-order valence-electron chi connectivity index (χ3n) is 3.39. The molecule has 2 aromatic carbocycles. The Morgan fingerprint density at radius 1 is 1.16 bits per heavy atom. The molecular formula is C16H17BrIN. The minimum Gasteiger partial charge on any atom is -0.313 e. The van der Waals surface area contributed by atoms with Gasteiger partial charge in [-0.15, -0.1) is 0 Å². The van der Waals surface area contributed by atoms with Crippen molar-refractivity contribution in [3.8, 4) is 0 Å². The van der Waals surface area contributed by atoms with Crippen molar-refractivity contribution in [2.45, 2.75) is 19.4 Å². The molecule has 0 aromatic heterocycles. The van der Waals surface area contributed by atoms with Crippen LogP contribution < -0.4 is 5.32 Å². The fourth-order valence-corrected chi connectivity index (χ4v) is 2.97. The van der Waals surface area contributed by atoms with Gasteiger partial charge < -0.3 is 5.32 Å². The zero-order valence-corrected chi connectivity index (χ0v) is 14.8. The van der Waals surface area contributed by atoms with E-state index in [0.717, 1.165) is 6.42 Å². The second kappa shape index (κ2) is 6.86. The Labute approximate surface area is 137 Å². The van der Waals surface area contributed by atoms with Crippen LogP contribution in [-0.4, -0.2) is 7.05 Å². The predicted molar refractivity (Wildman–Crippen MR) is 93.5 cm³/mol. The van der Waals surface area contributed by atoms with E-state index in [9.17, 15) is 0 Å². The monoisotopic (exact) mass is 429 g/mol. The van der Waals surface area contributed by atoms with E-state index in [0.29, 0.717) is 6.04 Å². The van der Waals surface area contributed by atoms with E-state index in [1.54, 1.807) is 0 Å². The number of rotatable bonds is 4. The molecule has 1 N–H and O–H groups in total. The summed E-state index contributed by atoms with van der Waals surface area (Å²) < 4.78 is 2.45. The maximum absolute atomic E-state index is 3.61. The first-order valence-corrected chi connectivity index (χ1v) is 8.15. The Bertz CT molecular complexity index is 551. The molecule has 0 saturated heterocycles. The van der Waals surface area contributed by atoms with Gasteiger partial charge in [0, 0.05) is 14.1 Å². The summed E-state index contributed by atoms with van der Waals surface area (Å²) in [7, 11) is 2.03. The highest BCUT2D eigenvalue weighted by atomic mass is 127. The summed E-state index contributed by atoms with van der Waals surface area (Å²) in [5.41, 5.74) is 4.03. The quantitative estimate of drug-likeness (QED) is 0.684. The molecule has 19 heavy (non-hydrogen) atoms. The fourth-order valence-electron chi connectivity index (χ4n) is 2.23. The number of hydrogen-bond donors (Lipinski definition) is 1. The van der Waals surface area contributed by atoms with Gasteiger partial charge in [-0.2, -0.15) is 0 Å². The largest absolute Gasteiger partial charge is 0.313 e. The molecule has 2 aromatic rings. The van der Waals surface area contributed by atoms with E-state index >= 15 is 0 Å². The van der Waals surface area contributed by atoms with Gasteiger partial charge in [0.2, 0.25) is 0 Å². The Kier molecular flexibility index (Phi) is 5.42. The molecule has 0 radical (unpaired) electrons. The summed E-state index contributed by atoms with van der Waals surface area (Å²) >= 11 is 5.95. The third kappa shape index (κ3) is 3.80. The summed E-state index contributed by atoms with van der Waals surface area (Å²) in [6, 6.07) is 15.5. The minimum absolute atomic E-state index is 0.345. The van der Waals surface area contributed by atoms with Gasteiger partial charge in [0.15, 0.2) is 0 Å². The maximum atomic E-state index is 3.61. The van der Waals surface area contributed by atoms with Crippen LogP contribution in [-0.2, 0) is 6.42 Å². The summed E-state index contributed by atoms with van der Waals surface area (Å²) in [6.07, 6.45) is 1.00. The second-order valence-electron chi connectivity index (χ2n) is 4.63. The number of likely N-dealkylation sites (N-methyl/N-ethyl adjacent to an activating group) is 1. The average Bonchev–Trinajstić information content (AvgIpc) is 2.42. The maximum Gasteiger partial charge on any atom is 0.0361 e. The van der Waals surface area contributed by atoms with E-state index in [-0.39, 0.29) is 0 Å².